The first-order valence-corrected chi connectivity index (χ1v) is 7.05. The third-order valence-corrected chi connectivity index (χ3v) is 3.93. The third-order valence-electron chi connectivity index (χ3n) is 3.93. The van der Waals surface area contributed by atoms with E-state index in [-0.39, 0.29) is 18.4 Å². The number of benzene rings is 1. The Labute approximate surface area is 124 Å². The van der Waals surface area contributed by atoms with Crippen molar-refractivity contribution in [3.05, 3.63) is 35.4 Å². The van der Waals surface area contributed by atoms with Gasteiger partial charge in [0.05, 0.1) is 12.0 Å². The van der Waals surface area contributed by atoms with E-state index < -0.39 is 11.6 Å². The van der Waals surface area contributed by atoms with Crippen LogP contribution in [0.5, 0.6) is 0 Å². The largest absolute Gasteiger partial charge is 0.325 e. The van der Waals surface area contributed by atoms with Gasteiger partial charge in [0, 0.05) is 6.54 Å². The molecular formula is C16H19N3O2. The molecule has 0 aliphatic carbocycles. The van der Waals surface area contributed by atoms with Gasteiger partial charge < -0.3 is 5.32 Å². The molecular weight excluding hydrogens is 266 g/mol. The zero-order valence-corrected chi connectivity index (χ0v) is 12.5. The number of hydrogen-bond acceptors (Lipinski definition) is 3. The summed E-state index contributed by atoms with van der Waals surface area (Å²) in [5.74, 6) is -0.661. The van der Waals surface area contributed by atoms with Gasteiger partial charge in [0.25, 0.3) is 5.91 Å². The Morgan fingerprint density at radius 2 is 1.95 bits per heavy atom. The van der Waals surface area contributed by atoms with Crippen molar-refractivity contribution in [3.63, 3.8) is 0 Å². The lowest BCUT2D eigenvalue weighted by molar-refractivity contribution is -0.132. The van der Waals surface area contributed by atoms with Crippen LogP contribution in [-0.2, 0) is 10.3 Å². The number of nitriles is 1. The summed E-state index contributed by atoms with van der Waals surface area (Å²) >= 11 is 0. The Bertz CT molecular complexity index is 603. The Balaban J connectivity index is 2.37. The molecule has 0 bridgehead atoms. The van der Waals surface area contributed by atoms with Crippen LogP contribution in [0, 0.1) is 24.2 Å². The van der Waals surface area contributed by atoms with E-state index in [9.17, 15) is 9.59 Å². The lowest BCUT2D eigenvalue weighted by Gasteiger charge is -2.26. The number of hydrogen-bond donors (Lipinski definition) is 1. The second-order valence-electron chi connectivity index (χ2n) is 5.50. The number of amides is 3. The van der Waals surface area contributed by atoms with Crippen molar-refractivity contribution in [1.82, 2.24) is 10.2 Å². The average Bonchev–Trinajstić information content (AvgIpc) is 2.73. The zero-order valence-electron chi connectivity index (χ0n) is 12.5. The van der Waals surface area contributed by atoms with Crippen LogP contribution in [0.4, 0.5) is 4.79 Å². The Morgan fingerprint density at radius 1 is 1.33 bits per heavy atom. The quantitative estimate of drug-likeness (QED) is 0.863. The summed E-state index contributed by atoms with van der Waals surface area (Å²) in [6.45, 7) is 5.65. The van der Waals surface area contributed by atoms with Crippen molar-refractivity contribution >= 4 is 11.9 Å². The second kappa shape index (κ2) is 5.57. The normalized spacial score (nSPS) is 22.9. The number of carbonyl (C=O) groups is 2. The van der Waals surface area contributed by atoms with Crippen LogP contribution in [0.1, 0.15) is 31.4 Å². The molecule has 1 heterocycles. The first-order valence-electron chi connectivity index (χ1n) is 7.05. The molecule has 0 spiro atoms. The zero-order chi connectivity index (χ0) is 15.6. The molecule has 1 fully saturated rings. The second-order valence-corrected chi connectivity index (χ2v) is 5.50. The highest BCUT2D eigenvalue weighted by atomic mass is 16.2. The number of carbonyl (C=O) groups excluding carboxylic acids is 2. The van der Waals surface area contributed by atoms with Crippen LogP contribution in [0.25, 0.3) is 0 Å². The molecule has 0 saturated carbocycles. The number of rotatable bonds is 4. The molecule has 1 saturated heterocycles. The fourth-order valence-electron chi connectivity index (χ4n) is 2.58. The molecule has 1 aliphatic rings. The minimum absolute atomic E-state index is 0.120. The van der Waals surface area contributed by atoms with Gasteiger partial charge in [-0.15, -0.1) is 0 Å². The van der Waals surface area contributed by atoms with Gasteiger partial charge in [0.15, 0.2) is 0 Å². The number of imide groups is 1. The highest BCUT2D eigenvalue weighted by molar-refractivity contribution is 6.07. The summed E-state index contributed by atoms with van der Waals surface area (Å²) in [5.41, 5.74) is 0.859. The van der Waals surface area contributed by atoms with Crippen LogP contribution >= 0.6 is 0 Å². The van der Waals surface area contributed by atoms with E-state index in [1.165, 1.54) is 0 Å². The van der Waals surface area contributed by atoms with Crippen LogP contribution < -0.4 is 5.32 Å². The Kier molecular flexibility index (Phi) is 3.99. The van der Waals surface area contributed by atoms with Gasteiger partial charge in [0.2, 0.25) is 0 Å². The molecule has 110 valence electrons. The molecule has 21 heavy (non-hydrogen) atoms. The number of nitrogens with one attached hydrogen (secondary N) is 1. The molecule has 1 aromatic rings. The first-order chi connectivity index (χ1) is 9.94. The van der Waals surface area contributed by atoms with E-state index in [1.807, 2.05) is 38.1 Å². The van der Waals surface area contributed by atoms with Crippen LogP contribution in [0.2, 0.25) is 0 Å². The summed E-state index contributed by atoms with van der Waals surface area (Å²) < 4.78 is 0. The third kappa shape index (κ3) is 2.49. The molecule has 2 rings (SSSR count). The van der Waals surface area contributed by atoms with Crippen molar-refractivity contribution < 1.29 is 9.59 Å². The van der Waals surface area contributed by atoms with E-state index >= 15 is 0 Å². The van der Waals surface area contributed by atoms with Crippen molar-refractivity contribution in [2.24, 2.45) is 5.92 Å². The Morgan fingerprint density at radius 3 is 2.48 bits per heavy atom. The standard InChI is InChI=1S/C16H19N3O2/c1-4-16(13-7-5-11(2)6-8-13)14(20)19(15(21)18-16)10-12(3)9-17/h5-8,12H,4,10H2,1-3H3,(H,18,21). The molecule has 1 aliphatic heterocycles. The summed E-state index contributed by atoms with van der Waals surface area (Å²) in [5, 5.41) is 11.7. The Hall–Kier alpha value is -2.35. The molecule has 3 amide bonds. The van der Waals surface area contributed by atoms with Gasteiger partial charge in [-0.1, -0.05) is 36.8 Å². The predicted molar refractivity (Wildman–Crippen MR) is 78.2 cm³/mol. The van der Waals surface area contributed by atoms with Gasteiger partial charge in [-0.2, -0.15) is 5.26 Å². The van der Waals surface area contributed by atoms with Gasteiger partial charge >= 0.3 is 6.03 Å². The fourth-order valence-corrected chi connectivity index (χ4v) is 2.58. The molecule has 0 aromatic heterocycles. The van der Waals surface area contributed by atoms with Gasteiger partial charge in [-0.05, 0) is 25.8 Å². The summed E-state index contributed by atoms with van der Waals surface area (Å²) in [6.07, 6.45) is 0.470. The SMILES string of the molecule is CCC1(c2ccc(C)cc2)NC(=O)N(CC(C)C#N)C1=O. The average molecular weight is 285 g/mol. The summed E-state index contributed by atoms with van der Waals surface area (Å²) in [4.78, 5) is 26.0. The minimum Gasteiger partial charge on any atom is -0.319 e. The minimum atomic E-state index is -1.01. The molecule has 2 atom stereocenters. The van der Waals surface area contributed by atoms with Gasteiger partial charge in [0.1, 0.15) is 5.54 Å². The maximum absolute atomic E-state index is 12.7. The highest BCUT2D eigenvalue weighted by Crippen LogP contribution is 2.32. The van der Waals surface area contributed by atoms with Crippen molar-refractivity contribution in [1.29, 1.82) is 5.26 Å². The van der Waals surface area contributed by atoms with E-state index in [0.717, 1.165) is 16.0 Å². The molecule has 2 unspecified atom stereocenters. The van der Waals surface area contributed by atoms with E-state index in [4.69, 9.17) is 5.26 Å². The topological polar surface area (TPSA) is 73.2 Å². The van der Waals surface area contributed by atoms with E-state index in [1.54, 1.807) is 6.92 Å². The maximum Gasteiger partial charge on any atom is 0.325 e. The summed E-state index contributed by atoms with van der Waals surface area (Å²) in [6, 6.07) is 9.21. The monoisotopic (exact) mass is 285 g/mol. The van der Waals surface area contributed by atoms with Crippen LogP contribution in [-0.4, -0.2) is 23.4 Å². The number of aryl methyl sites for hydroxylation is 1. The predicted octanol–water partition coefficient (Wildman–Crippen LogP) is 2.31. The van der Waals surface area contributed by atoms with Gasteiger partial charge in [-0.3, -0.25) is 9.69 Å². The van der Waals surface area contributed by atoms with E-state index in [2.05, 4.69) is 11.4 Å². The van der Waals surface area contributed by atoms with Crippen molar-refractivity contribution in [2.45, 2.75) is 32.7 Å². The molecule has 1 aromatic carbocycles. The van der Waals surface area contributed by atoms with Crippen LogP contribution in [0.3, 0.4) is 0 Å². The fraction of sp³-hybridized carbons (Fsp3) is 0.438. The van der Waals surface area contributed by atoms with E-state index in [0.29, 0.717) is 6.42 Å². The maximum atomic E-state index is 12.7. The first kappa shape index (κ1) is 15.0. The lowest BCUT2D eigenvalue weighted by atomic mass is 9.86. The number of nitrogens with zero attached hydrogens (tertiary/aromatic N) is 2. The molecule has 1 N–H and O–H groups in total. The van der Waals surface area contributed by atoms with Crippen LogP contribution in [0.15, 0.2) is 24.3 Å². The van der Waals surface area contributed by atoms with Crippen molar-refractivity contribution in [3.8, 4) is 6.07 Å². The lowest BCUT2D eigenvalue weighted by Crippen LogP contribution is -2.43. The molecule has 5 heteroatoms. The highest BCUT2D eigenvalue weighted by Gasteiger charge is 2.51. The number of urea groups is 1. The smallest absolute Gasteiger partial charge is 0.319 e. The van der Waals surface area contributed by atoms with Gasteiger partial charge in [-0.25, -0.2) is 4.79 Å². The molecule has 5 nitrogen and oxygen atoms in total. The molecule has 0 radical (unpaired) electrons. The van der Waals surface area contributed by atoms with Crippen molar-refractivity contribution in [2.75, 3.05) is 6.54 Å². The summed E-state index contributed by atoms with van der Waals surface area (Å²) in [7, 11) is 0.